The molecule has 2 unspecified atom stereocenters. The molecule has 0 N–H and O–H groups in total. The van der Waals surface area contributed by atoms with Crippen molar-refractivity contribution in [2.75, 3.05) is 6.54 Å². The number of aromatic nitrogens is 1. The maximum Gasteiger partial charge on any atom is 0.273 e. The Kier molecular flexibility index (Phi) is 4.01. The van der Waals surface area contributed by atoms with Crippen molar-refractivity contribution < 1.29 is 4.79 Å². The second-order valence-corrected chi connectivity index (χ2v) is 7.94. The van der Waals surface area contributed by atoms with Crippen LogP contribution in [0, 0.1) is 5.92 Å². The van der Waals surface area contributed by atoms with Crippen molar-refractivity contribution >= 4 is 28.6 Å². The van der Waals surface area contributed by atoms with Gasteiger partial charge in [0.2, 0.25) is 0 Å². The summed E-state index contributed by atoms with van der Waals surface area (Å²) < 4.78 is 0. The predicted molar refractivity (Wildman–Crippen MR) is 91.4 cm³/mol. The zero-order valence-corrected chi connectivity index (χ0v) is 14.2. The van der Waals surface area contributed by atoms with E-state index in [0.29, 0.717) is 11.7 Å². The molecule has 0 radical (unpaired) electrons. The molecule has 2 aliphatic rings. The molecule has 0 spiro atoms. The van der Waals surface area contributed by atoms with Crippen molar-refractivity contribution in [3.05, 3.63) is 27.9 Å². The summed E-state index contributed by atoms with van der Waals surface area (Å²) in [6.45, 7) is 0.908. The number of thiophene rings is 1. The Morgan fingerprint density at radius 3 is 2.91 bits per heavy atom. The van der Waals surface area contributed by atoms with E-state index in [1.54, 1.807) is 22.7 Å². The van der Waals surface area contributed by atoms with E-state index < -0.39 is 0 Å². The van der Waals surface area contributed by atoms with Gasteiger partial charge in [-0.3, -0.25) is 4.79 Å². The molecule has 4 rings (SSSR count). The zero-order valence-electron chi connectivity index (χ0n) is 12.5. The summed E-state index contributed by atoms with van der Waals surface area (Å²) in [7, 11) is 0. The van der Waals surface area contributed by atoms with Crippen molar-refractivity contribution in [2.45, 2.75) is 44.6 Å². The van der Waals surface area contributed by atoms with Gasteiger partial charge in [0.05, 0.1) is 0 Å². The SMILES string of the molecule is O=C(c1csc(-c2ccsc2)n1)N1CCCC2CCCCC21. The van der Waals surface area contributed by atoms with Crippen LogP contribution < -0.4 is 0 Å². The van der Waals surface area contributed by atoms with Gasteiger partial charge in [-0.1, -0.05) is 12.8 Å². The predicted octanol–water partition coefficient (Wildman–Crippen LogP) is 4.67. The van der Waals surface area contributed by atoms with E-state index in [2.05, 4.69) is 26.7 Å². The lowest BCUT2D eigenvalue weighted by Crippen LogP contribution is -2.49. The second kappa shape index (κ2) is 6.13. The van der Waals surface area contributed by atoms with E-state index in [-0.39, 0.29) is 5.91 Å². The molecule has 2 aromatic rings. The fourth-order valence-corrected chi connectivity index (χ4v) is 5.42. The third-order valence-electron chi connectivity index (χ3n) is 5.00. The van der Waals surface area contributed by atoms with E-state index in [1.807, 2.05) is 5.38 Å². The molecule has 1 aliphatic carbocycles. The van der Waals surface area contributed by atoms with Crippen molar-refractivity contribution in [3.8, 4) is 10.6 Å². The van der Waals surface area contributed by atoms with Gasteiger partial charge in [0.1, 0.15) is 10.7 Å². The van der Waals surface area contributed by atoms with E-state index in [9.17, 15) is 4.79 Å². The third kappa shape index (κ3) is 2.61. The molecule has 0 aromatic carbocycles. The maximum atomic E-state index is 12.9. The molecule has 0 bridgehead atoms. The highest BCUT2D eigenvalue weighted by atomic mass is 32.1. The number of carbonyl (C=O) groups is 1. The first-order chi connectivity index (χ1) is 10.8. The number of nitrogens with zero attached hydrogens (tertiary/aromatic N) is 2. The number of fused-ring (bicyclic) bond motifs is 1. The first-order valence-electron chi connectivity index (χ1n) is 8.12. The molecule has 2 fully saturated rings. The molecule has 1 amide bonds. The lowest BCUT2D eigenvalue weighted by Gasteiger charge is -2.43. The maximum absolute atomic E-state index is 12.9. The molecule has 2 aromatic heterocycles. The fraction of sp³-hybridized carbons (Fsp3) is 0.529. The summed E-state index contributed by atoms with van der Waals surface area (Å²) in [6.07, 6.45) is 7.52. The van der Waals surface area contributed by atoms with Crippen LogP contribution in [0.5, 0.6) is 0 Å². The van der Waals surface area contributed by atoms with E-state index in [1.165, 1.54) is 32.1 Å². The van der Waals surface area contributed by atoms with Gasteiger partial charge >= 0.3 is 0 Å². The number of rotatable bonds is 2. The van der Waals surface area contributed by atoms with Crippen LogP contribution in [-0.4, -0.2) is 28.4 Å². The lowest BCUT2D eigenvalue weighted by molar-refractivity contribution is 0.0386. The first kappa shape index (κ1) is 14.4. The van der Waals surface area contributed by atoms with E-state index >= 15 is 0 Å². The highest BCUT2D eigenvalue weighted by Gasteiger charge is 2.36. The molecular weight excluding hydrogens is 312 g/mol. The minimum absolute atomic E-state index is 0.148. The number of piperidine rings is 1. The molecule has 3 nitrogen and oxygen atoms in total. The summed E-state index contributed by atoms with van der Waals surface area (Å²) in [4.78, 5) is 19.6. The van der Waals surface area contributed by atoms with Gasteiger partial charge in [0, 0.05) is 28.9 Å². The Balaban J connectivity index is 1.56. The zero-order chi connectivity index (χ0) is 14.9. The number of hydrogen-bond acceptors (Lipinski definition) is 4. The third-order valence-corrected chi connectivity index (χ3v) is 6.57. The summed E-state index contributed by atoms with van der Waals surface area (Å²) in [5, 5.41) is 7.03. The van der Waals surface area contributed by atoms with Gasteiger partial charge in [-0.2, -0.15) is 11.3 Å². The van der Waals surface area contributed by atoms with Crippen LogP contribution in [0.3, 0.4) is 0 Å². The quantitative estimate of drug-likeness (QED) is 0.801. The normalized spacial score (nSPS) is 25.0. The van der Waals surface area contributed by atoms with Gasteiger partial charge in [0.25, 0.3) is 5.91 Å². The van der Waals surface area contributed by atoms with Crippen LogP contribution >= 0.6 is 22.7 Å². The number of thiazole rings is 1. The average Bonchev–Trinajstić information content (AvgIpc) is 3.24. The number of carbonyl (C=O) groups excluding carboxylic acids is 1. The minimum atomic E-state index is 0.148. The molecule has 1 saturated heterocycles. The van der Waals surface area contributed by atoms with Gasteiger partial charge in [-0.25, -0.2) is 4.98 Å². The molecule has 5 heteroatoms. The van der Waals surface area contributed by atoms with Gasteiger partial charge < -0.3 is 4.90 Å². The molecule has 3 heterocycles. The Morgan fingerprint density at radius 2 is 2.05 bits per heavy atom. The monoisotopic (exact) mass is 332 g/mol. The number of amides is 1. The molecule has 2 atom stereocenters. The molecule has 1 aliphatic heterocycles. The van der Waals surface area contributed by atoms with Crippen LogP contribution in [0.1, 0.15) is 49.0 Å². The second-order valence-electron chi connectivity index (χ2n) is 6.30. The molecular formula is C17H20N2OS2. The van der Waals surface area contributed by atoms with Crippen LogP contribution in [0.2, 0.25) is 0 Å². The van der Waals surface area contributed by atoms with Gasteiger partial charge in [0.15, 0.2) is 0 Å². The first-order valence-corrected chi connectivity index (χ1v) is 9.94. The molecule has 116 valence electrons. The van der Waals surface area contributed by atoms with Crippen LogP contribution in [-0.2, 0) is 0 Å². The van der Waals surface area contributed by atoms with E-state index in [4.69, 9.17) is 0 Å². The van der Waals surface area contributed by atoms with Crippen molar-refractivity contribution in [3.63, 3.8) is 0 Å². The Morgan fingerprint density at radius 1 is 1.18 bits per heavy atom. The molecule has 1 saturated carbocycles. The summed E-state index contributed by atoms with van der Waals surface area (Å²) in [5.74, 6) is 0.871. The van der Waals surface area contributed by atoms with Gasteiger partial charge in [-0.15, -0.1) is 11.3 Å². The van der Waals surface area contributed by atoms with Crippen molar-refractivity contribution in [1.29, 1.82) is 0 Å². The number of hydrogen-bond donors (Lipinski definition) is 0. The summed E-state index contributed by atoms with van der Waals surface area (Å²) in [5.41, 5.74) is 1.76. The van der Waals surface area contributed by atoms with E-state index in [0.717, 1.165) is 29.5 Å². The fourth-order valence-electron chi connectivity index (χ4n) is 3.91. The summed E-state index contributed by atoms with van der Waals surface area (Å²) in [6, 6.07) is 2.52. The summed E-state index contributed by atoms with van der Waals surface area (Å²) >= 11 is 3.24. The minimum Gasteiger partial charge on any atom is -0.334 e. The largest absolute Gasteiger partial charge is 0.334 e. The van der Waals surface area contributed by atoms with Crippen LogP contribution in [0.25, 0.3) is 10.6 Å². The van der Waals surface area contributed by atoms with Crippen molar-refractivity contribution in [1.82, 2.24) is 9.88 Å². The standard InChI is InChI=1S/C17H20N2OS2/c20-17(14-11-22-16(18-14)13-7-9-21-10-13)19-8-3-5-12-4-1-2-6-15(12)19/h7,9-12,15H,1-6,8H2. The Hall–Kier alpha value is -1.20. The average molecular weight is 332 g/mol. The van der Waals surface area contributed by atoms with Gasteiger partial charge in [-0.05, 0) is 43.0 Å². The topological polar surface area (TPSA) is 33.2 Å². The molecule has 22 heavy (non-hydrogen) atoms. The Bertz CT molecular complexity index is 647. The lowest BCUT2D eigenvalue weighted by atomic mass is 9.78. The van der Waals surface area contributed by atoms with Crippen molar-refractivity contribution in [2.24, 2.45) is 5.92 Å². The highest BCUT2D eigenvalue weighted by molar-refractivity contribution is 7.14. The highest BCUT2D eigenvalue weighted by Crippen LogP contribution is 2.36. The number of likely N-dealkylation sites (tertiary alicyclic amines) is 1. The Labute approximate surface area is 139 Å². The van der Waals surface area contributed by atoms with Crippen LogP contribution in [0.15, 0.2) is 22.2 Å². The smallest absolute Gasteiger partial charge is 0.273 e. The van der Waals surface area contributed by atoms with Crippen LogP contribution in [0.4, 0.5) is 0 Å².